The van der Waals surface area contributed by atoms with E-state index in [0.717, 1.165) is 25.7 Å². The number of unbranched alkanes of at least 4 members (excludes halogenated alkanes) is 15. The lowest BCUT2D eigenvalue weighted by atomic mass is 10.0. The van der Waals surface area contributed by atoms with E-state index in [2.05, 4.69) is 18.4 Å². The number of hydrogen-bond acceptors (Lipinski definition) is 8. The van der Waals surface area contributed by atoms with Crippen LogP contribution in [0.25, 0.3) is 0 Å². The molecule has 0 aromatic heterocycles. The van der Waals surface area contributed by atoms with E-state index in [4.69, 9.17) is 19.3 Å². The van der Waals surface area contributed by atoms with Crippen LogP contribution in [0.3, 0.4) is 0 Å². The summed E-state index contributed by atoms with van der Waals surface area (Å²) in [5.41, 5.74) is 0. The van der Waals surface area contributed by atoms with Crippen LogP contribution >= 0.6 is 7.82 Å². The lowest BCUT2D eigenvalue weighted by Crippen LogP contribution is -2.29. The van der Waals surface area contributed by atoms with Crippen LogP contribution in [0.2, 0.25) is 0 Å². The molecule has 0 rings (SSSR count). The van der Waals surface area contributed by atoms with Crippen molar-refractivity contribution < 1.29 is 48.2 Å². The number of ether oxygens (including phenoxy) is 2. The first-order valence-corrected chi connectivity index (χ1v) is 22.0. The maximum Gasteiger partial charge on any atom is 0.469 e. The molecule has 0 saturated heterocycles. The van der Waals surface area contributed by atoms with E-state index >= 15 is 0 Å². The van der Waals surface area contributed by atoms with Crippen LogP contribution in [-0.4, -0.2) is 63.5 Å². The molecule has 4 N–H and O–H groups in total. The molecule has 310 valence electrons. The predicted octanol–water partition coefficient (Wildman–Crippen LogP) is 10.2. The van der Waals surface area contributed by atoms with Gasteiger partial charge in [-0.2, -0.15) is 0 Å². The second-order valence-electron chi connectivity index (χ2n) is 13.6. The molecule has 10 nitrogen and oxygen atoms in total. The third kappa shape index (κ3) is 39.1. The van der Waals surface area contributed by atoms with Gasteiger partial charge in [0.2, 0.25) is 0 Å². The van der Waals surface area contributed by atoms with Gasteiger partial charge in [-0.25, -0.2) is 4.57 Å². The van der Waals surface area contributed by atoms with E-state index in [1.165, 1.54) is 70.6 Å². The minimum absolute atomic E-state index is 0.0791. The Balaban J connectivity index is 4.20. The zero-order chi connectivity index (χ0) is 40.0. The van der Waals surface area contributed by atoms with Crippen molar-refractivity contribution in [1.82, 2.24) is 0 Å². The third-order valence-corrected chi connectivity index (χ3v) is 8.90. The Morgan fingerprint density at radius 3 is 1.74 bits per heavy atom. The fourth-order valence-corrected chi connectivity index (χ4v) is 5.71. The van der Waals surface area contributed by atoms with Gasteiger partial charge in [0.05, 0.1) is 18.8 Å². The van der Waals surface area contributed by atoms with Crippen LogP contribution in [0.1, 0.15) is 155 Å². The number of aliphatic hydroxyl groups is 2. The zero-order valence-electron chi connectivity index (χ0n) is 33.3. The molecule has 0 amide bonds. The highest BCUT2D eigenvalue weighted by molar-refractivity contribution is 7.46. The van der Waals surface area contributed by atoms with Crippen molar-refractivity contribution in [3.8, 4) is 0 Å². The van der Waals surface area contributed by atoms with Gasteiger partial charge in [-0.15, -0.1) is 0 Å². The van der Waals surface area contributed by atoms with Gasteiger partial charge >= 0.3 is 19.8 Å². The van der Waals surface area contributed by atoms with Crippen molar-refractivity contribution in [3.05, 3.63) is 72.9 Å². The standard InChI is InChI=1S/C43H73O10P/c1-3-5-7-8-9-10-11-12-13-14-15-16-20-23-29-36-43(47)53-41(38-52-54(48,49)50)37-51-42(46)35-30-24-28-34-40(45)33-27-22-19-17-18-21-26-32-39(44)31-25-6-4-2/h6,18-19,21-22,25-28,32-34,39-41,44-45H,3-5,7-17,20,23-24,29-31,35-38H2,1-2H3,(H2,48,49,50)/b21-18-,22-19-,25-6-,32-26+,33-27+,34-28-/t39-,40-,41-/m1/s1. The number of allylic oxidation sites excluding steroid dienone is 8. The fourth-order valence-electron chi connectivity index (χ4n) is 5.35. The highest BCUT2D eigenvalue weighted by atomic mass is 31.2. The summed E-state index contributed by atoms with van der Waals surface area (Å²) in [6.07, 6.45) is 41.2. The molecule has 0 aromatic carbocycles. The molecule has 0 aliphatic rings. The van der Waals surface area contributed by atoms with Gasteiger partial charge in [-0.3, -0.25) is 14.1 Å². The van der Waals surface area contributed by atoms with Crippen molar-refractivity contribution in [1.29, 1.82) is 0 Å². The van der Waals surface area contributed by atoms with Gasteiger partial charge < -0.3 is 29.5 Å². The number of hydrogen-bond donors (Lipinski definition) is 4. The van der Waals surface area contributed by atoms with E-state index < -0.39 is 44.7 Å². The number of carbonyl (C=O) groups is 2. The second kappa shape index (κ2) is 37.3. The van der Waals surface area contributed by atoms with E-state index in [-0.39, 0.29) is 19.4 Å². The molecule has 11 heteroatoms. The molecule has 0 fully saturated rings. The Morgan fingerprint density at radius 2 is 1.17 bits per heavy atom. The maximum absolute atomic E-state index is 12.4. The summed E-state index contributed by atoms with van der Waals surface area (Å²) in [6.45, 7) is 3.33. The summed E-state index contributed by atoms with van der Waals surface area (Å²) in [7, 11) is -4.80. The molecule has 54 heavy (non-hydrogen) atoms. The first-order chi connectivity index (χ1) is 26.1. The molecule has 0 unspecified atom stereocenters. The highest BCUT2D eigenvalue weighted by Crippen LogP contribution is 2.36. The average Bonchev–Trinajstić information content (AvgIpc) is 3.13. The Bertz CT molecular complexity index is 1140. The number of aliphatic hydroxyl groups excluding tert-OH is 2. The predicted molar refractivity (Wildman–Crippen MR) is 219 cm³/mol. The van der Waals surface area contributed by atoms with Gasteiger partial charge in [0.1, 0.15) is 6.61 Å². The molecule has 0 bridgehead atoms. The first-order valence-electron chi connectivity index (χ1n) is 20.5. The average molecular weight is 781 g/mol. The number of carbonyl (C=O) groups excluding carboxylic acids is 2. The normalized spacial score (nSPS) is 14.4. The monoisotopic (exact) mass is 780 g/mol. The van der Waals surface area contributed by atoms with Crippen LogP contribution < -0.4 is 0 Å². The minimum atomic E-state index is -4.80. The highest BCUT2D eigenvalue weighted by Gasteiger charge is 2.22. The summed E-state index contributed by atoms with van der Waals surface area (Å²) in [5.74, 6) is -1.07. The van der Waals surface area contributed by atoms with Crippen LogP contribution in [0.15, 0.2) is 72.9 Å². The van der Waals surface area contributed by atoms with Crippen molar-refractivity contribution >= 4 is 19.8 Å². The molecule has 0 radical (unpaired) electrons. The maximum atomic E-state index is 12.4. The van der Waals surface area contributed by atoms with Crippen LogP contribution in [0.5, 0.6) is 0 Å². The molecule has 0 aromatic rings. The number of rotatable bonds is 36. The summed E-state index contributed by atoms with van der Waals surface area (Å²) >= 11 is 0. The number of phosphoric acid groups is 1. The van der Waals surface area contributed by atoms with E-state index in [9.17, 15) is 24.4 Å². The van der Waals surface area contributed by atoms with Gasteiger partial charge in [-0.05, 0) is 38.5 Å². The molecular weight excluding hydrogens is 707 g/mol. The van der Waals surface area contributed by atoms with E-state index in [1.807, 2.05) is 42.5 Å². The van der Waals surface area contributed by atoms with Crippen molar-refractivity contribution in [2.45, 2.75) is 173 Å². The van der Waals surface area contributed by atoms with Crippen molar-refractivity contribution in [2.24, 2.45) is 0 Å². The van der Waals surface area contributed by atoms with E-state index in [0.29, 0.717) is 32.1 Å². The molecule has 0 aliphatic heterocycles. The van der Waals surface area contributed by atoms with Crippen molar-refractivity contribution in [2.75, 3.05) is 13.2 Å². The Kier molecular flexibility index (Phi) is 35.5. The Labute approximate surface area is 326 Å². The SMILES string of the molecule is CC/C=C\C[C@@H](O)/C=C/C=C\C/C=C\C=C\[C@@H](O)/C=C\CCCC(=O)OC[C@H](COP(=O)(O)O)OC(=O)CCCCCCCCCCCCCCCCC. The topological polar surface area (TPSA) is 160 Å². The summed E-state index contributed by atoms with van der Waals surface area (Å²) in [4.78, 5) is 42.8. The lowest BCUT2D eigenvalue weighted by molar-refractivity contribution is -0.161. The molecule has 0 spiro atoms. The van der Waals surface area contributed by atoms with Gasteiger partial charge in [0.15, 0.2) is 6.10 Å². The van der Waals surface area contributed by atoms with Gasteiger partial charge in [0.25, 0.3) is 0 Å². The largest absolute Gasteiger partial charge is 0.469 e. The summed E-state index contributed by atoms with van der Waals surface area (Å²) in [6, 6.07) is 0. The zero-order valence-corrected chi connectivity index (χ0v) is 34.2. The molecule has 0 heterocycles. The number of phosphoric ester groups is 1. The summed E-state index contributed by atoms with van der Waals surface area (Å²) in [5, 5.41) is 19.9. The van der Waals surface area contributed by atoms with Crippen LogP contribution in [0.4, 0.5) is 0 Å². The lowest BCUT2D eigenvalue weighted by Gasteiger charge is -2.18. The van der Waals surface area contributed by atoms with Crippen LogP contribution in [0, 0.1) is 0 Å². The number of esters is 2. The van der Waals surface area contributed by atoms with E-state index in [1.54, 1.807) is 30.4 Å². The quantitative estimate of drug-likeness (QED) is 0.0158. The second-order valence-corrected chi connectivity index (χ2v) is 14.9. The van der Waals surface area contributed by atoms with Crippen LogP contribution in [-0.2, 0) is 28.2 Å². The molecule has 3 atom stereocenters. The molecular formula is C43H73O10P. The van der Waals surface area contributed by atoms with Crippen molar-refractivity contribution in [3.63, 3.8) is 0 Å². The molecule has 0 aliphatic carbocycles. The molecule has 0 saturated carbocycles. The first kappa shape index (κ1) is 51.4. The Hall–Kier alpha value is -2.59. The third-order valence-electron chi connectivity index (χ3n) is 8.41. The van der Waals surface area contributed by atoms with Gasteiger partial charge in [-0.1, -0.05) is 177 Å². The summed E-state index contributed by atoms with van der Waals surface area (Å²) < 4.78 is 26.2. The fraction of sp³-hybridized carbons (Fsp3) is 0.674. The van der Waals surface area contributed by atoms with Gasteiger partial charge in [0, 0.05) is 12.8 Å². The smallest absolute Gasteiger partial charge is 0.462 e. The minimum Gasteiger partial charge on any atom is -0.462 e. The Morgan fingerprint density at radius 1 is 0.611 bits per heavy atom.